The largest absolute Gasteiger partial charge is 0.464 e. The van der Waals surface area contributed by atoms with Crippen molar-refractivity contribution in [2.24, 2.45) is 0 Å². The van der Waals surface area contributed by atoms with Crippen molar-refractivity contribution < 1.29 is 18.3 Å². The third-order valence-electron chi connectivity index (χ3n) is 5.33. The van der Waals surface area contributed by atoms with Gasteiger partial charge >= 0.3 is 0 Å². The lowest BCUT2D eigenvalue weighted by atomic mass is 10.1. The van der Waals surface area contributed by atoms with Crippen LogP contribution in [0.15, 0.2) is 71.1 Å². The fourth-order valence-electron chi connectivity index (χ4n) is 3.55. The zero-order valence-corrected chi connectivity index (χ0v) is 18.8. The molecule has 0 aliphatic rings. The quantitative estimate of drug-likeness (QED) is 0.419. The number of carbonyl (C=O) groups excluding carboxylic acids is 1. The van der Waals surface area contributed by atoms with Crippen LogP contribution in [0.3, 0.4) is 0 Å². The standard InChI is InChI=1S/C26H31FN2O3/c1-21-12-13-24(32-21)19-29(15-14-22-8-4-3-5-9-22)26(30)20-28(16-17-31-2)18-23-10-6-7-11-25(23)27/h3-13H,14-20H2,1-2H3. The molecule has 0 radical (unpaired) electrons. The van der Waals surface area contributed by atoms with E-state index in [-0.39, 0.29) is 18.3 Å². The number of nitrogens with zero attached hydrogens (tertiary/aromatic N) is 2. The van der Waals surface area contributed by atoms with E-state index in [1.54, 1.807) is 25.3 Å². The van der Waals surface area contributed by atoms with Crippen molar-refractivity contribution in [3.05, 3.63) is 95.2 Å². The molecule has 2 aromatic carbocycles. The molecule has 0 aliphatic carbocycles. The number of rotatable bonds is 12. The lowest BCUT2D eigenvalue weighted by molar-refractivity contribution is -0.133. The molecular weight excluding hydrogens is 407 g/mol. The van der Waals surface area contributed by atoms with E-state index in [0.717, 1.165) is 17.9 Å². The van der Waals surface area contributed by atoms with Crippen LogP contribution in [0.25, 0.3) is 0 Å². The Kier molecular flexibility index (Phi) is 9.01. The van der Waals surface area contributed by atoms with Crippen molar-refractivity contribution in [1.29, 1.82) is 0 Å². The number of aryl methyl sites for hydroxylation is 1. The molecule has 3 rings (SSSR count). The average molecular weight is 439 g/mol. The van der Waals surface area contributed by atoms with Crippen LogP contribution in [0, 0.1) is 12.7 Å². The first-order chi connectivity index (χ1) is 15.5. The van der Waals surface area contributed by atoms with Crippen molar-refractivity contribution in [3.8, 4) is 0 Å². The maximum absolute atomic E-state index is 14.2. The molecule has 0 saturated carbocycles. The summed E-state index contributed by atoms with van der Waals surface area (Å²) in [5.74, 6) is 1.27. The monoisotopic (exact) mass is 438 g/mol. The highest BCUT2D eigenvalue weighted by atomic mass is 19.1. The summed E-state index contributed by atoms with van der Waals surface area (Å²) in [5.41, 5.74) is 1.73. The molecule has 1 aromatic heterocycles. The van der Waals surface area contributed by atoms with Crippen molar-refractivity contribution in [2.75, 3.05) is 33.4 Å². The van der Waals surface area contributed by atoms with Gasteiger partial charge in [-0.25, -0.2) is 4.39 Å². The number of ether oxygens (including phenoxy) is 1. The number of amides is 1. The van der Waals surface area contributed by atoms with Crippen molar-refractivity contribution in [1.82, 2.24) is 9.80 Å². The van der Waals surface area contributed by atoms with Gasteiger partial charge in [0.15, 0.2) is 0 Å². The normalized spacial score (nSPS) is 11.1. The highest BCUT2D eigenvalue weighted by molar-refractivity contribution is 5.78. The van der Waals surface area contributed by atoms with Gasteiger partial charge in [-0.05, 0) is 37.1 Å². The Morgan fingerprint density at radius 3 is 2.41 bits per heavy atom. The first-order valence-corrected chi connectivity index (χ1v) is 10.9. The van der Waals surface area contributed by atoms with E-state index >= 15 is 0 Å². The van der Waals surface area contributed by atoms with E-state index in [1.165, 1.54) is 11.6 Å². The van der Waals surface area contributed by atoms with Crippen LogP contribution in [0.4, 0.5) is 4.39 Å². The summed E-state index contributed by atoms with van der Waals surface area (Å²) in [6.45, 7) is 4.37. The van der Waals surface area contributed by atoms with Gasteiger partial charge in [0.1, 0.15) is 17.3 Å². The van der Waals surface area contributed by atoms with Crippen LogP contribution in [-0.2, 0) is 29.0 Å². The molecule has 0 fully saturated rings. The third kappa shape index (κ3) is 7.32. The predicted molar refractivity (Wildman–Crippen MR) is 123 cm³/mol. The zero-order chi connectivity index (χ0) is 22.8. The van der Waals surface area contributed by atoms with Gasteiger partial charge in [0, 0.05) is 32.3 Å². The minimum absolute atomic E-state index is 0.0255. The Morgan fingerprint density at radius 2 is 1.72 bits per heavy atom. The molecule has 170 valence electrons. The van der Waals surface area contributed by atoms with Gasteiger partial charge in [-0.1, -0.05) is 48.5 Å². The number of hydrogen-bond donors (Lipinski definition) is 0. The van der Waals surface area contributed by atoms with Gasteiger partial charge in [-0.15, -0.1) is 0 Å². The number of benzene rings is 2. The van der Waals surface area contributed by atoms with Crippen LogP contribution in [0.5, 0.6) is 0 Å². The molecule has 5 nitrogen and oxygen atoms in total. The second kappa shape index (κ2) is 12.2. The summed E-state index contributed by atoms with van der Waals surface area (Å²) in [6, 6.07) is 20.6. The zero-order valence-electron chi connectivity index (χ0n) is 18.8. The lowest BCUT2D eigenvalue weighted by Crippen LogP contribution is -2.41. The Labute approximate surface area is 189 Å². The minimum atomic E-state index is -0.269. The van der Waals surface area contributed by atoms with E-state index in [9.17, 15) is 9.18 Å². The molecule has 0 aliphatic heterocycles. The number of methoxy groups -OCH3 is 1. The fourth-order valence-corrected chi connectivity index (χ4v) is 3.55. The molecule has 0 unspecified atom stereocenters. The topological polar surface area (TPSA) is 45.9 Å². The van der Waals surface area contributed by atoms with Gasteiger partial charge < -0.3 is 14.1 Å². The molecule has 0 atom stereocenters. The van der Waals surface area contributed by atoms with Crippen LogP contribution in [0.1, 0.15) is 22.6 Å². The first kappa shape index (κ1) is 23.7. The van der Waals surface area contributed by atoms with Gasteiger partial charge in [-0.3, -0.25) is 9.69 Å². The molecule has 6 heteroatoms. The Bertz CT molecular complexity index is 974. The second-order valence-electron chi connectivity index (χ2n) is 7.86. The Morgan fingerprint density at radius 1 is 0.969 bits per heavy atom. The van der Waals surface area contributed by atoms with Gasteiger partial charge in [-0.2, -0.15) is 0 Å². The first-order valence-electron chi connectivity index (χ1n) is 10.9. The second-order valence-corrected chi connectivity index (χ2v) is 7.86. The Balaban J connectivity index is 1.71. The number of carbonyl (C=O) groups is 1. The smallest absolute Gasteiger partial charge is 0.237 e. The van der Waals surface area contributed by atoms with Crippen LogP contribution in [0.2, 0.25) is 0 Å². The SMILES string of the molecule is COCCN(CC(=O)N(CCc1ccccc1)Cc1ccc(C)o1)Cc1ccccc1F. The Hall–Kier alpha value is -2.96. The molecule has 0 spiro atoms. The molecule has 0 N–H and O–H groups in total. The maximum Gasteiger partial charge on any atom is 0.237 e. The summed E-state index contributed by atoms with van der Waals surface area (Å²) < 4.78 is 25.1. The number of furan rings is 1. The molecule has 0 bridgehead atoms. The molecular formula is C26H31FN2O3. The molecule has 3 aromatic rings. The molecule has 0 saturated heterocycles. The summed E-state index contributed by atoms with van der Waals surface area (Å²) in [5, 5.41) is 0. The average Bonchev–Trinajstić information content (AvgIpc) is 3.21. The predicted octanol–water partition coefficient (Wildman–Crippen LogP) is 4.45. The summed E-state index contributed by atoms with van der Waals surface area (Å²) in [7, 11) is 1.62. The van der Waals surface area contributed by atoms with Crippen LogP contribution >= 0.6 is 0 Å². The van der Waals surface area contributed by atoms with Crippen LogP contribution < -0.4 is 0 Å². The summed E-state index contributed by atoms with van der Waals surface area (Å²) in [4.78, 5) is 17.1. The number of hydrogen-bond acceptors (Lipinski definition) is 4. The maximum atomic E-state index is 14.2. The minimum Gasteiger partial charge on any atom is -0.464 e. The van der Waals surface area contributed by atoms with Crippen molar-refractivity contribution in [3.63, 3.8) is 0 Å². The van der Waals surface area contributed by atoms with E-state index in [4.69, 9.17) is 9.15 Å². The molecule has 1 amide bonds. The van der Waals surface area contributed by atoms with E-state index in [1.807, 2.05) is 47.1 Å². The van der Waals surface area contributed by atoms with Crippen molar-refractivity contribution in [2.45, 2.75) is 26.4 Å². The number of halogens is 1. The lowest BCUT2D eigenvalue weighted by Gasteiger charge is -2.27. The summed E-state index contributed by atoms with van der Waals surface area (Å²) in [6.07, 6.45) is 0.748. The van der Waals surface area contributed by atoms with E-state index in [2.05, 4.69) is 12.1 Å². The highest BCUT2D eigenvalue weighted by Gasteiger charge is 2.20. The van der Waals surface area contributed by atoms with Gasteiger partial charge in [0.25, 0.3) is 0 Å². The summed E-state index contributed by atoms with van der Waals surface area (Å²) >= 11 is 0. The highest BCUT2D eigenvalue weighted by Crippen LogP contribution is 2.14. The van der Waals surface area contributed by atoms with E-state index in [0.29, 0.717) is 38.3 Å². The van der Waals surface area contributed by atoms with E-state index < -0.39 is 0 Å². The van der Waals surface area contributed by atoms with Crippen molar-refractivity contribution >= 4 is 5.91 Å². The van der Waals surface area contributed by atoms with Gasteiger partial charge in [0.2, 0.25) is 5.91 Å². The molecule has 1 heterocycles. The van der Waals surface area contributed by atoms with Crippen LogP contribution in [-0.4, -0.2) is 49.1 Å². The van der Waals surface area contributed by atoms with Gasteiger partial charge in [0.05, 0.1) is 19.7 Å². The fraction of sp³-hybridized carbons (Fsp3) is 0.346. The molecule has 32 heavy (non-hydrogen) atoms. The third-order valence-corrected chi connectivity index (χ3v) is 5.33.